The first kappa shape index (κ1) is 23.2. The molecule has 0 radical (unpaired) electrons. The first-order valence-electron chi connectivity index (χ1n) is 12.2. The minimum absolute atomic E-state index is 0.0305. The lowest BCUT2D eigenvalue weighted by molar-refractivity contribution is -0.897. The highest BCUT2D eigenvalue weighted by Crippen LogP contribution is 2.40. The van der Waals surface area contributed by atoms with E-state index < -0.39 is 11.7 Å². The fraction of sp³-hybridized carbons (Fsp3) is 0.296. The average molecular weight is 505 g/mol. The molecule has 2 saturated heterocycles. The summed E-state index contributed by atoms with van der Waals surface area (Å²) >= 11 is 0. The topological polar surface area (TPSA) is 86.5 Å². The molecule has 2 aliphatic rings. The van der Waals surface area contributed by atoms with Crippen LogP contribution < -0.4 is 29.7 Å². The zero-order valence-electron chi connectivity index (χ0n) is 20.9. The van der Waals surface area contributed by atoms with Crippen molar-refractivity contribution in [2.24, 2.45) is 14.1 Å². The Morgan fingerprint density at radius 1 is 1.22 bits per heavy atom. The Bertz CT molecular complexity index is 1550. The van der Waals surface area contributed by atoms with Crippen molar-refractivity contribution < 1.29 is 28.5 Å². The van der Waals surface area contributed by atoms with E-state index in [9.17, 15) is 14.4 Å². The molecule has 0 spiro atoms. The fourth-order valence-corrected chi connectivity index (χ4v) is 5.67. The summed E-state index contributed by atoms with van der Waals surface area (Å²) < 4.78 is 24.8. The highest BCUT2D eigenvalue weighted by Gasteiger charge is 2.40. The summed E-state index contributed by atoms with van der Waals surface area (Å²) in [5, 5.41) is 18.6. The third-order valence-electron chi connectivity index (χ3n) is 7.57. The second-order valence-electron chi connectivity index (χ2n) is 9.65. The lowest BCUT2D eigenvalue weighted by atomic mass is 10.1. The van der Waals surface area contributed by atoms with Gasteiger partial charge in [-0.15, -0.1) is 4.68 Å². The monoisotopic (exact) mass is 504 g/mol. The second-order valence-corrected chi connectivity index (χ2v) is 9.65. The van der Waals surface area contributed by atoms with Gasteiger partial charge in [0.2, 0.25) is 6.20 Å². The van der Waals surface area contributed by atoms with Crippen molar-refractivity contribution in [3.63, 3.8) is 0 Å². The number of pyridine rings is 1. The van der Waals surface area contributed by atoms with Gasteiger partial charge in [0.1, 0.15) is 22.6 Å². The van der Waals surface area contributed by atoms with Gasteiger partial charge >= 0.3 is 11.6 Å². The van der Waals surface area contributed by atoms with E-state index in [0.29, 0.717) is 22.5 Å². The van der Waals surface area contributed by atoms with E-state index in [4.69, 9.17) is 4.74 Å². The van der Waals surface area contributed by atoms with Crippen LogP contribution in [0.25, 0.3) is 22.2 Å². The Hall–Kier alpha value is -4.18. The standard InChI is InChI=1S/C27H28FN6O3/c1-31-15-18-21(32(31)2)11-10-20(26(18)33-14-16-12-17(33)13-29-16)30-27(35)23-8-5-7-22(34(23)36)25-19(28)6-4-9-24(25)37-3/h4-11,15-17,29H,12-14H2,1-3H3,(H-,30,35,36)/q+1/p+1/t16-,17-/m0/s1. The molecule has 37 heavy (non-hydrogen) atoms. The quantitative estimate of drug-likeness (QED) is 0.287. The maximum Gasteiger partial charge on any atom is 0.325 e. The lowest BCUT2D eigenvalue weighted by Crippen LogP contribution is -2.44. The summed E-state index contributed by atoms with van der Waals surface area (Å²) in [6, 6.07) is 13.7. The van der Waals surface area contributed by atoms with Crippen LogP contribution in [0, 0.1) is 5.82 Å². The molecule has 3 N–H and O–H groups in total. The molecule has 0 saturated carbocycles. The molecule has 6 rings (SSSR count). The number of aryl methyl sites for hydroxylation is 2. The number of piperazine rings is 1. The van der Waals surface area contributed by atoms with Gasteiger partial charge in [-0.3, -0.25) is 10.0 Å². The molecule has 2 fully saturated rings. The summed E-state index contributed by atoms with van der Waals surface area (Å²) in [5.74, 6) is -0.826. The first-order chi connectivity index (χ1) is 17.9. The number of carbonyl (C=O) groups is 1. The molecule has 9 nitrogen and oxygen atoms in total. The van der Waals surface area contributed by atoms with Crippen molar-refractivity contribution in [1.82, 2.24) is 10.00 Å². The highest BCUT2D eigenvalue weighted by atomic mass is 19.1. The van der Waals surface area contributed by atoms with Crippen molar-refractivity contribution in [3.8, 4) is 17.0 Å². The van der Waals surface area contributed by atoms with Crippen LogP contribution in [0.2, 0.25) is 0 Å². The maximum absolute atomic E-state index is 14.7. The number of carbonyl (C=O) groups excluding carboxylic acids is 1. The molecule has 2 aliphatic heterocycles. The molecular weight excluding hydrogens is 475 g/mol. The van der Waals surface area contributed by atoms with E-state index in [1.807, 2.05) is 30.9 Å². The summed E-state index contributed by atoms with van der Waals surface area (Å²) in [6.07, 6.45) is 3.13. The van der Waals surface area contributed by atoms with E-state index in [-0.39, 0.29) is 22.7 Å². The van der Waals surface area contributed by atoms with E-state index in [1.165, 1.54) is 31.4 Å². The summed E-state index contributed by atoms with van der Waals surface area (Å²) in [4.78, 5) is 15.9. The van der Waals surface area contributed by atoms with Crippen molar-refractivity contribution >= 4 is 28.2 Å². The Labute approximate surface area is 213 Å². The molecule has 1 amide bonds. The minimum Gasteiger partial charge on any atom is -0.496 e. The first-order valence-corrected chi connectivity index (χ1v) is 12.2. The molecule has 2 bridgehead atoms. The largest absolute Gasteiger partial charge is 0.496 e. The number of fused-ring (bicyclic) bond motifs is 3. The molecule has 2 aromatic carbocycles. The number of anilines is 2. The number of benzene rings is 2. The number of hydrogen-bond acceptors (Lipinski definition) is 5. The van der Waals surface area contributed by atoms with Gasteiger partial charge in [0.05, 0.1) is 30.9 Å². The van der Waals surface area contributed by atoms with E-state index in [0.717, 1.165) is 36.1 Å². The number of hydrogen-bond donors (Lipinski definition) is 3. The number of nitrogens with one attached hydrogen (secondary N) is 2. The van der Waals surface area contributed by atoms with Crippen molar-refractivity contribution in [3.05, 3.63) is 66.2 Å². The van der Waals surface area contributed by atoms with Gasteiger partial charge in [0.15, 0.2) is 7.05 Å². The summed E-state index contributed by atoms with van der Waals surface area (Å²) in [6.45, 7) is 1.75. The fourth-order valence-electron chi connectivity index (χ4n) is 5.67. The number of halogens is 1. The Morgan fingerprint density at radius 3 is 2.76 bits per heavy atom. The zero-order chi connectivity index (χ0) is 25.8. The SMILES string of the molecule is COc1cccc(F)c1-c1cccc(C(=O)Nc2ccc3c(c[n+](C)n3C)c2N2C[C@@H]3C[C@H]2CN3)[n+]1O. The summed E-state index contributed by atoms with van der Waals surface area (Å²) in [5.41, 5.74) is 2.82. The maximum atomic E-state index is 14.7. The van der Waals surface area contributed by atoms with Crippen LogP contribution >= 0.6 is 0 Å². The van der Waals surface area contributed by atoms with Crippen LogP contribution in [-0.4, -0.2) is 48.1 Å². The third kappa shape index (κ3) is 3.67. The van der Waals surface area contributed by atoms with Crippen LogP contribution in [0.1, 0.15) is 16.9 Å². The van der Waals surface area contributed by atoms with E-state index in [2.05, 4.69) is 26.4 Å². The Balaban J connectivity index is 1.42. The van der Waals surface area contributed by atoms with Gasteiger partial charge in [0, 0.05) is 42.0 Å². The minimum atomic E-state index is -0.568. The predicted molar refractivity (Wildman–Crippen MR) is 135 cm³/mol. The number of methoxy groups -OCH3 is 1. The van der Waals surface area contributed by atoms with Crippen molar-refractivity contribution in [2.75, 3.05) is 30.4 Å². The van der Waals surface area contributed by atoms with Gasteiger partial charge in [-0.1, -0.05) is 6.07 Å². The Kier molecular flexibility index (Phi) is 5.49. The van der Waals surface area contributed by atoms with Crippen LogP contribution in [0.4, 0.5) is 15.8 Å². The third-order valence-corrected chi connectivity index (χ3v) is 7.57. The van der Waals surface area contributed by atoms with Crippen molar-refractivity contribution in [1.29, 1.82) is 0 Å². The van der Waals surface area contributed by atoms with E-state index in [1.54, 1.807) is 12.1 Å². The van der Waals surface area contributed by atoms with Gasteiger partial charge in [0.25, 0.3) is 5.69 Å². The highest BCUT2D eigenvalue weighted by molar-refractivity contribution is 6.08. The smallest absolute Gasteiger partial charge is 0.325 e. The normalized spacial score (nSPS) is 18.5. The molecule has 10 heteroatoms. The van der Waals surface area contributed by atoms with Crippen LogP contribution in [0.5, 0.6) is 5.75 Å². The zero-order valence-corrected chi connectivity index (χ0v) is 20.9. The Morgan fingerprint density at radius 2 is 2.03 bits per heavy atom. The molecule has 0 aliphatic carbocycles. The number of amides is 1. The summed E-state index contributed by atoms with van der Waals surface area (Å²) in [7, 11) is 5.41. The lowest BCUT2D eigenvalue weighted by Gasteiger charge is -2.31. The molecule has 4 aromatic rings. The van der Waals surface area contributed by atoms with E-state index >= 15 is 0 Å². The molecule has 2 aromatic heterocycles. The molecule has 4 heterocycles. The van der Waals surface area contributed by atoms with Gasteiger partial charge in [-0.05, 0) is 36.8 Å². The number of rotatable bonds is 5. The van der Waals surface area contributed by atoms with Crippen LogP contribution in [-0.2, 0) is 14.1 Å². The van der Waals surface area contributed by atoms with Gasteiger partial charge in [-0.25, -0.2) is 4.39 Å². The molecule has 190 valence electrons. The number of nitrogens with zero attached hydrogens (tertiary/aromatic N) is 4. The van der Waals surface area contributed by atoms with Crippen molar-refractivity contribution in [2.45, 2.75) is 18.5 Å². The molecule has 0 unspecified atom stereocenters. The van der Waals surface area contributed by atoms with Crippen LogP contribution in [0.15, 0.2) is 54.7 Å². The number of aromatic nitrogens is 3. The number of ether oxygens (including phenoxy) is 1. The molecular formula is C27H29FN6O3+2. The van der Waals surface area contributed by atoms with Gasteiger partial charge in [-0.2, -0.15) is 4.68 Å². The predicted octanol–water partition coefficient (Wildman–Crippen LogP) is 2.15. The molecule has 2 atom stereocenters. The second kappa shape index (κ2) is 8.74. The average Bonchev–Trinajstić information content (AvgIpc) is 3.59. The van der Waals surface area contributed by atoms with Gasteiger partial charge < -0.3 is 20.3 Å². The van der Waals surface area contributed by atoms with Crippen LogP contribution in [0.3, 0.4) is 0 Å².